The third-order valence-electron chi connectivity index (χ3n) is 8.46. The Balaban J connectivity index is 1.42. The molecule has 1 aliphatic carbocycles. The molecule has 0 amide bonds. The van der Waals surface area contributed by atoms with Crippen LogP contribution in [0.3, 0.4) is 0 Å². The van der Waals surface area contributed by atoms with Gasteiger partial charge >= 0.3 is 11.9 Å². The number of nitrogens with zero attached hydrogens (tertiary/aromatic N) is 3. The second kappa shape index (κ2) is 13.6. The maximum Gasteiger partial charge on any atom is 0.338 e. The Morgan fingerprint density at radius 3 is 2.48 bits per heavy atom. The van der Waals surface area contributed by atoms with Gasteiger partial charge in [0.05, 0.1) is 28.9 Å². The van der Waals surface area contributed by atoms with Gasteiger partial charge < -0.3 is 15.2 Å². The van der Waals surface area contributed by atoms with E-state index in [4.69, 9.17) is 16.3 Å². The molecular formula is C29H33ClF2N4O6S2. The standard InChI is InChI=1S/C29H33ClF2N4O6S2/c1-2-42-29(39)21-24(17-9-12-36(13-10-17)44(40,41)15-16-3-5-18(6-4-16)28(37)38)34-26(27-33-11-14-43-27)35-25(21)19-7-8-20(31)23(32)22(19)30/h7-8,11,14,16-18,25H,2-6,9-10,12-13,15H2,1H3,(H,34,35)(H,37,38)/t16-,18-,25?. The number of carbonyl (C=O) groups is 2. The molecule has 2 aromatic rings. The molecular weight excluding hydrogens is 638 g/mol. The lowest BCUT2D eigenvalue weighted by molar-refractivity contribution is -0.143. The minimum atomic E-state index is -3.60. The van der Waals surface area contributed by atoms with Gasteiger partial charge in [-0.2, -0.15) is 0 Å². The van der Waals surface area contributed by atoms with E-state index >= 15 is 0 Å². The van der Waals surface area contributed by atoms with Crippen LogP contribution in [0.5, 0.6) is 0 Å². The van der Waals surface area contributed by atoms with E-state index < -0.39 is 50.6 Å². The number of thiazole rings is 1. The number of benzene rings is 1. The molecule has 1 aromatic heterocycles. The van der Waals surface area contributed by atoms with Crippen LogP contribution in [0.2, 0.25) is 5.02 Å². The highest BCUT2D eigenvalue weighted by molar-refractivity contribution is 7.89. The van der Waals surface area contributed by atoms with E-state index in [0.29, 0.717) is 55.1 Å². The summed E-state index contributed by atoms with van der Waals surface area (Å²) in [6.45, 7) is 2.12. The number of hydrogen-bond donors (Lipinski definition) is 2. The molecule has 3 aliphatic rings. The predicted molar refractivity (Wildman–Crippen MR) is 161 cm³/mol. The normalized spacial score (nSPS) is 23.6. The van der Waals surface area contributed by atoms with Crippen LogP contribution >= 0.6 is 22.9 Å². The number of amidine groups is 1. The van der Waals surface area contributed by atoms with Crippen LogP contribution in [-0.2, 0) is 24.3 Å². The zero-order valence-electron chi connectivity index (χ0n) is 24.0. The molecule has 1 unspecified atom stereocenters. The van der Waals surface area contributed by atoms with Crippen LogP contribution < -0.4 is 5.32 Å². The molecule has 0 bridgehead atoms. The maximum absolute atomic E-state index is 14.6. The number of carboxylic acids is 1. The van der Waals surface area contributed by atoms with E-state index in [-0.39, 0.29) is 48.4 Å². The maximum atomic E-state index is 14.6. The summed E-state index contributed by atoms with van der Waals surface area (Å²) in [7, 11) is -3.60. The van der Waals surface area contributed by atoms with Crippen molar-refractivity contribution < 1.29 is 36.6 Å². The molecule has 1 aromatic carbocycles. The predicted octanol–water partition coefficient (Wildman–Crippen LogP) is 4.92. The van der Waals surface area contributed by atoms with Gasteiger partial charge in [-0.05, 0) is 57.4 Å². The third-order valence-corrected chi connectivity index (χ3v) is 11.7. The van der Waals surface area contributed by atoms with Crippen molar-refractivity contribution in [2.75, 3.05) is 25.4 Å². The number of ether oxygens (including phenoxy) is 1. The van der Waals surface area contributed by atoms with Crippen molar-refractivity contribution in [2.45, 2.75) is 51.5 Å². The highest BCUT2D eigenvalue weighted by Gasteiger charge is 2.40. The Labute approximate surface area is 263 Å². The zero-order chi connectivity index (χ0) is 31.6. The monoisotopic (exact) mass is 670 g/mol. The average molecular weight is 671 g/mol. The van der Waals surface area contributed by atoms with Crippen molar-refractivity contribution in [1.29, 1.82) is 0 Å². The van der Waals surface area contributed by atoms with Crippen LogP contribution in [0.15, 0.2) is 40.0 Å². The first-order valence-electron chi connectivity index (χ1n) is 14.5. The number of carbonyl (C=O) groups excluding carboxylic acids is 1. The SMILES string of the molecule is CCOC(=O)C1=C(C2CCN(S(=O)(=O)C[C@H]3CC[C@H](C(=O)O)CC3)CC2)NC(c2nccs2)=NC1c1ccc(F)c(F)c1Cl. The zero-order valence-corrected chi connectivity index (χ0v) is 26.4. The molecule has 44 heavy (non-hydrogen) atoms. The van der Waals surface area contributed by atoms with Gasteiger partial charge in [0.1, 0.15) is 6.04 Å². The van der Waals surface area contributed by atoms with E-state index in [1.165, 1.54) is 21.7 Å². The molecule has 0 radical (unpaired) electrons. The first-order valence-corrected chi connectivity index (χ1v) is 17.4. The number of allylic oxidation sites excluding steroid dienone is 1. The smallest absolute Gasteiger partial charge is 0.338 e. The number of carboxylic acid groups (broad SMARTS) is 1. The summed E-state index contributed by atoms with van der Waals surface area (Å²) in [6.07, 6.45) is 4.39. The second-order valence-corrected chi connectivity index (χ2v) is 14.4. The molecule has 1 saturated carbocycles. The lowest BCUT2D eigenvalue weighted by Gasteiger charge is -2.37. The van der Waals surface area contributed by atoms with Crippen LogP contribution in [-0.4, -0.2) is 66.0 Å². The largest absolute Gasteiger partial charge is 0.481 e. The van der Waals surface area contributed by atoms with Gasteiger partial charge in [-0.3, -0.25) is 9.79 Å². The highest BCUT2D eigenvalue weighted by atomic mass is 35.5. The number of rotatable bonds is 9. The van der Waals surface area contributed by atoms with Crippen LogP contribution in [0, 0.1) is 29.4 Å². The lowest BCUT2D eigenvalue weighted by Crippen LogP contribution is -2.44. The van der Waals surface area contributed by atoms with Crippen molar-refractivity contribution in [3.8, 4) is 0 Å². The third kappa shape index (κ3) is 6.82. The van der Waals surface area contributed by atoms with Gasteiger partial charge in [0.25, 0.3) is 0 Å². The molecule has 1 saturated heterocycles. The summed E-state index contributed by atoms with van der Waals surface area (Å²) in [6, 6.07) is 1.08. The molecule has 2 N–H and O–H groups in total. The summed E-state index contributed by atoms with van der Waals surface area (Å²) >= 11 is 7.56. The molecule has 10 nitrogen and oxygen atoms in total. The number of aliphatic carboxylic acids is 1. The fraction of sp³-hybridized carbons (Fsp3) is 0.517. The fourth-order valence-corrected chi connectivity index (χ4v) is 8.90. The number of aromatic nitrogens is 1. The Bertz CT molecular complexity index is 1570. The molecule has 3 heterocycles. The first-order chi connectivity index (χ1) is 21.0. The highest BCUT2D eigenvalue weighted by Crippen LogP contribution is 2.41. The summed E-state index contributed by atoms with van der Waals surface area (Å²) in [5.41, 5.74) is 0.634. The van der Waals surface area contributed by atoms with E-state index in [1.807, 2.05) is 0 Å². The topological polar surface area (TPSA) is 138 Å². The Hall–Kier alpha value is -2.94. The Morgan fingerprint density at radius 1 is 1.16 bits per heavy atom. The fourth-order valence-electron chi connectivity index (χ4n) is 6.15. The molecule has 1 atom stereocenters. The van der Waals surface area contributed by atoms with Gasteiger partial charge in [0, 0.05) is 41.8 Å². The lowest BCUT2D eigenvalue weighted by atomic mass is 9.83. The molecule has 0 spiro atoms. The summed E-state index contributed by atoms with van der Waals surface area (Å²) in [5.74, 6) is -4.47. The number of sulfonamides is 1. The van der Waals surface area contributed by atoms with Crippen molar-refractivity contribution in [3.63, 3.8) is 0 Å². The van der Waals surface area contributed by atoms with Crippen molar-refractivity contribution >= 4 is 50.7 Å². The molecule has 5 rings (SSSR count). The average Bonchev–Trinajstić information content (AvgIpc) is 3.55. The van der Waals surface area contributed by atoms with Crippen molar-refractivity contribution in [1.82, 2.24) is 14.6 Å². The van der Waals surface area contributed by atoms with Gasteiger partial charge in [0.2, 0.25) is 10.0 Å². The minimum Gasteiger partial charge on any atom is -0.481 e. The summed E-state index contributed by atoms with van der Waals surface area (Å²) in [4.78, 5) is 33.7. The first kappa shape index (κ1) is 32.5. The van der Waals surface area contributed by atoms with Crippen molar-refractivity contribution in [2.24, 2.45) is 22.7 Å². The van der Waals surface area contributed by atoms with Gasteiger partial charge in [-0.25, -0.2) is 31.3 Å². The van der Waals surface area contributed by atoms with E-state index in [2.05, 4.69) is 15.3 Å². The van der Waals surface area contributed by atoms with E-state index in [0.717, 1.165) is 6.07 Å². The number of esters is 1. The van der Waals surface area contributed by atoms with Gasteiger partial charge in [-0.15, -0.1) is 11.3 Å². The summed E-state index contributed by atoms with van der Waals surface area (Å²) in [5, 5.41) is 14.2. The number of halogens is 3. The number of nitrogens with one attached hydrogen (secondary N) is 1. The Morgan fingerprint density at radius 2 is 1.86 bits per heavy atom. The van der Waals surface area contributed by atoms with Crippen LogP contribution in [0.4, 0.5) is 8.78 Å². The number of piperidine rings is 1. The van der Waals surface area contributed by atoms with Gasteiger partial charge in [-0.1, -0.05) is 17.7 Å². The number of aliphatic imine (C=N–C) groups is 1. The molecule has 2 fully saturated rings. The van der Waals surface area contributed by atoms with Crippen molar-refractivity contribution in [3.05, 3.63) is 62.2 Å². The molecule has 238 valence electrons. The number of hydrogen-bond acceptors (Lipinski definition) is 9. The van der Waals surface area contributed by atoms with E-state index in [9.17, 15) is 31.9 Å². The van der Waals surface area contributed by atoms with Gasteiger partial charge in [0.15, 0.2) is 22.5 Å². The Kier molecular flexibility index (Phi) is 10.0. The quantitative estimate of drug-likeness (QED) is 0.283. The second-order valence-electron chi connectivity index (χ2n) is 11.2. The van der Waals surface area contributed by atoms with Crippen LogP contribution in [0.1, 0.15) is 62.1 Å². The molecule has 15 heteroatoms. The minimum absolute atomic E-state index is 0.0312. The van der Waals surface area contributed by atoms with Crippen LogP contribution in [0.25, 0.3) is 0 Å². The van der Waals surface area contributed by atoms with E-state index in [1.54, 1.807) is 18.5 Å². The molecule has 2 aliphatic heterocycles. The summed E-state index contributed by atoms with van der Waals surface area (Å²) < 4.78 is 62.2.